The average Bonchev–Trinajstić information content (AvgIpc) is 4.12. The van der Waals surface area contributed by atoms with Crippen LogP contribution in [-0.2, 0) is 12.4 Å². The van der Waals surface area contributed by atoms with Crippen LogP contribution in [0.2, 0.25) is 0 Å². The predicted molar refractivity (Wildman–Crippen MR) is 315 cm³/mol. The van der Waals surface area contributed by atoms with Crippen molar-refractivity contribution in [2.24, 2.45) is 0 Å². The summed E-state index contributed by atoms with van der Waals surface area (Å²) in [7, 11) is 0. The van der Waals surface area contributed by atoms with Crippen molar-refractivity contribution >= 4 is 43.6 Å². The number of hydrogen-bond donors (Lipinski definition) is 0. The molecule has 0 unspecified atom stereocenters. The number of halogens is 6. The van der Waals surface area contributed by atoms with E-state index in [1.807, 2.05) is 137 Å². The fourth-order valence-electron chi connectivity index (χ4n) is 12.3. The molecule has 0 N–H and O–H groups in total. The topological polar surface area (TPSA) is 33.6 Å². The van der Waals surface area contributed by atoms with Crippen molar-refractivity contribution in [2.45, 2.75) is 67.7 Å². The second-order valence-electron chi connectivity index (χ2n) is 21.9. The minimum Gasteiger partial charge on any atom is -0.308 e. The molecular formula is C71H53F6N3. The van der Waals surface area contributed by atoms with Crippen LogP contribution in [0.4, 0.5) is 26.3 Å². The lowest BCUT2D eigenvalue weighted by molar-refractivity contribution is -0.143. The highest BCUT2D eigenvalue weighted by Gasteiger charge is 2.38. The number of alkyl halides is 6. The van der Waals surface area contributed by atoms with Gasteiger partial charge in [-0.05, 0) is 160 Å². The molecule has 0 aliphatic rings. The van der Waals surface area contributed by atoms with E-state index >= 15 is 26.3 Å². The van der Waals surface area contributed by atoms with Gasteiger partial charge in [0.1, 0.15) is 0 Å². The number of fused-ring (bicyclic) bond motifs is 6. The van der Waals surface area contributed by atoms with Crippen LogP contribution in [0.3, 0.4) is 0 Å². The van der Waals surface area contributed by atoms with E-state index in [2.05, 4.69) is 78.9 Å². The Morgan fingerprint density at radius 1 is 0.300 bits per heavy atom. The van der Waals surface area contributed by atoms with E-state index in [0.717, 1.165) is 123 Å². The van der Waals surface area contributed by atoms with Crippen molar-refractivity contribution in [3.05, 3.63) is 237 Å². The summed E-state index contributed by atoms with van der Waals surface area (Å²) >= 11 is 0. The SMILES string of the molecule is Cc1cc(C)cc(-c2ccc3c4ccc(-c5cc(C)cc(C)c5)cc4n(-c4cc(C#N)cc(-n5c6cc(-c7cc(C)cc(C)c7)ccc6c6ccc(-c7cc(C)cc(C)c7)cc65)c4-c4cc(C(F)(F)F)cc(C(F)(F)F)c4)c3c2)c1. The normalized spacial score (nSPS) is 12.1. The number of rotatable bonds is 7. The van der Waals surface area contributed by atoms with E-state index in [1.165, 1.54) is 0 Å². The molecule has 2 aromatic heterocycles. The molecule has 80 heavy (non-hydrogen) atoms. The second-order valence-corrected chi connectivity index (χ2v) is 21.9. The van der Waals surface area contributed by atoms with Crippen molar-refractivity contribution in [3.8, 4) is 73.1 Å². The maximum Gasteiger partial charge on any atom is 0.416 e. The van der Waals surface area contributed by atoms with Gasteiger partial charge < -0.3 is 9.13 Å². The first-order chi connectivity index (χ1) is 38.1. The first-order valence-corrected chi connectivity index (χ1v) is 26.5. The van der Waals surface area contributed by atoms with Gasteiger partial charge in [0.2, 0.25) is 0 Å². The Balaban J connectivity index is 1.30. The molecule has 0 bridgehead atoms. The maximum absolute atomic E-state index is 15.4. The molecule has 0 amide bonds. The Labute approximate surface area is 460 Å². The van der Waals surface area contributed by atoms with Crippen molar-refractivity contribution in [1.82, 2.24) is 9.13 Å². The Kier molecular flexibility index (Phi) is 12.3. The second kappa shape index (κ2) is 19.1. The highest BCUT2D eigenvalue weighted by Crippen LogP contribution is 2.48. The molecule has 9 heteroatoms. The molecule has 0 spiro atoms. The molecule has 0 saturated carbocycles. The number of benzene rings is 10. The zero-order valence-electron chi connectivity index (χ0n) is 45.4. The van der Waals surface area contributed by atoms with Crippen molar-refractivity contribution < 1.29 is 26.3 Å². The quantitative estimate of drug-likeness (QED) is 0.146. The summed E-state index contributed by atoms with van der Waals surface area (Å²) in [4.78, 5) is 0. The van der Waals surface area contributed by atoms with Gasteiger partial charge in [-0.15, -0.1) is 0 Å². The van der Waals surface area contributed by atoms with Crippen LogP contribution in [-0.4, -0.2) is 9.13 Å². The summed E-state index contributed by atoms with van der Waals surface area (Å²) in [6.45, 7) is 16.2. The standard InChI is InChI=1S/C71H53F6N3/c1-39-17-40(2)22-52(21-39)48-9-13-59-60-14-10-49(53-23-41(3)18-42(4)24-53)34-64(60)79(63(59)33-48)67-29-47(38-78)30-68(69(67)56-31-57(70(72,73)74)37-58(32-56)71(75,76)77)80-65-35-50(54-25-43(5)19-44(6)26-54)11-15-61(65)62-16-12-51(36-66(62)80)55-27-45(7)20-46(8)28-55/h9-37H,1-8H3. The molecule has 12 rings (SSSR count). The van der Waals surface area contributed by atoms with Crippen LogP contribution >= 0.6 is 0 Å². The number of nitrogens with zero attached hydrogens (tertiary/aromatic N) is 3. The fraction of sp³-hybridized carbons (Fsp3) is 0.141. The summed E-state index contributed by atoms with van der Waals surface area (Å²) in [5.41, 5.74) is 15.4. The summed E-state index contributed by atoms with van der Waals surface area (Å²) in [6.07, 6.45) is -10.3. The Morgan fingerprint density at radius 2 is 0.562 bits per heavy atom. The Hall–Kier alpha value is -9.13. The lowest BCUT2D eigenvalue weighted by Crippen LogP contribution is -2.12. The van der Waals surface area contributed by atoms with Gasteiger partial charge in [0.25, 0.3) is 0 Å². The summed E-state index contributed by atoms with van der Waals surface area (Å²) < 4.78 is 96.2. The smallest absolute Gasteiger partial charge is 0.308 e. The zero-order valence-corrected chi connectivity index (χ0v) is 45.4. The molecule has 0 aliphatic heterocycles. The lowest BCUT2D eigenvalue weighted by Gasteiger charge is -2.23. The molecule has 394 valence electrons. The summed E-state index contributed by atoms with van der Waals surface area (Å²) in [5.74, 6) is 0. The molecule has 12 aromatic rings. The van der Waals surface area contributed by atoms with Gasteiger partial charge in [0.15, 0.2) is 0 Å². The van der Waals surface area contributed by atoms with Gasteiger partial charge in [0, 0.05) is 27.1 Å². The van der Waals surface area contributed by atoms with Gasteiger partial charge in [0.05, 0.1) is 56.2 Å². The molecule has 3 nitrogen and oxygen atoms in total. The first-order valence-electron chi connectivity index (χ1n) is 26.5. The van der Waals surface area contributed by atoms with Crippen LogP contribution in [0.5, 0.6) is 0 Å². The average molecular weight is 1060 g/mol. The molecule has 0 aliphatic carbocycles. The monoisotopic (exact) mass is 1060 g/mol. The van der Waals surface area contributed by atoms with Gasteiger partial charge >= 0.3 is 12.4 Å². The van der Waals surface area contributed by atoms with Crippen LogP contribution in [0, 0.1) is 66.7 Å². The minimum atomic E-state index is -5.17. The third-order valence-electron chi connectivity index (χ3n) is 15.3. The van der Waals surface area contributed by atoms with Crippen molar-refractivity contribution in [1.29, 1.82) is 5.26 Å². The number of aryl methyl sites for hydroxylation is 8. The third kappa shape index (κ3) is 9.28. The molecule has 2 heterocycles. The fourth-order valence-corrected chi connectivity index (χ4v) is 12.3. The van der Waals surface area contributed by atoms with Crippen LogP contribution in [0.1, 0.15) is 61.2 Å². The van der Waals surface area contributed by atoms with E-state index in [9.17, 15) is 5.26 Å². The van der Waals surface area contributed by atoms with Crippen molar-refractivity contribution in [2.75, 3.05) is 0 Å². The molecule has 0 radical (unpaired) electrons. The van der Waals surface area contributed by atoms with Crippen LogP contribution in [0.25, 0.3) is 111 Å². The van der Waals surface area contributed by atoms with Gasteiger partial charge in [-0.3, -0.25) is 0 Å². The Morgan fingerprint density at radius 3 is 0.800 bits per heavy atom. The first kappa shape index (κ1) is 51.6. The lowest BCUT2D eigenvalue weighted by atomic mass is 9.94. The molecule has 0 fully saturated rings. The molecule has 0 atom stereocenters. The van der Waals surface area contributed by atoms with Crippen LogP contribution in [0.15, 0.2) is 176 Å². The maximum atomic E-state index is 15.4. The largest absolute Gasteiger partial charge is 0.416 e. The summed E-state index contributed by atoms with van der Waals surface area (Å²) in [6, 6.07) is 56.8. The van der Waals surface area contributed by atoms with E-state index in [1.54, 1.807) is 12.1 Å². The van der Waals surface area contributed by atoms with Crippen LogP contribution < -0.4 is 0 Å². The number of hydrogen-bond acceptors (Lipinski definition) is 1. The van der Waals surface area contributed by atoms with E-state index < -0.39 is 23.5 Å². The highest BCUT2D eigenvalue weighted by atomic mass is 19.4. The molecular weight excluding hydrogens is 1010 g/mol. The van der Waals surface area contributed by atoms with E-state index in [-0.39, 0.29) is 34.1 Å². The Bertz CT molecular complexity index is 4040. The van der Waals surface area contributed by atoms with Gasteiger partial charge in [-0.25, -0.2) is 0 Å². The van der Waals surface area contributed by atoms with E-state index in [0.29, 0.717) is 22.1 Å². The molecule has 10 aromatic carbocycles. The highest BCUT2D eigenvalue weighted by molar-refractivity contribution is 6.14. The van der Waals surface area contributed by atoms with Gasteiger partial charge in [-0.2, -0.15) is 31.6 Å². The van der Waals surface area contributed by atoms with E-state index in [4.69, 9.17) is 0 Å². The third-order valence-corrected chi connectivity index (χ3v) is 15.3. The number of aromatic nitrogens is 2. The predicted octanol–water partition coefficient (Wildman–Crippen LogP) is 20.6. The van der Waals surface area contributed by atoms with Crippen molar-refractivity contribution in [3.63, 3.8) is 0 Å². The minimum absolute atomic E-state index is 0.0559. The summed E-state index contributed by atoms with van der Waals surface area (Å²) in [5, 5.41) is 14.5. The van der Waals surface area contributed by atoms with Gasteiger partial charge in [-0.1, -0.05) is 166 Å². The molecule has 0 saturated heterocycles. The number of nitriles is 1. The zero-order chi connectivity index (χ0) is 56.3.